The van der Waals surface area contributed by atoms with Gasteiger partial charge >= 0.3 is 5.97 Å². The first-order chi connectivity index (χ1) is 11.6. The van der Waals surface area contributed by atoms with E-state index in [-0.39, 0.29) is 18.6 Å². The minimum absolute atomic E-state index is 0.0684. The fourth-order valence-electron chi connectivity index (χ4n) is 2.50. The zero-order chi connectivity index (χ0) is 17.6. The van der Waals surface area contributed by atoms with Gasteiger partial charge in [-0.2, -0.15) is 0 Å². The summed E-state index contributed by atoms with van der Waals surface area (Å²) in [5.41, 5.74) is 0. The molecule has 24 heavy (non-hydrogen) atoms. The van der Waals surface area contributed by atoms with Crippen molar-refractivity contribution in [1.29, 1.82) is 0 Å². The third-order valence-corrected chi connectivity index (χ3v) is 4.00. The average Bonchev–Trinajstić information content (AvgIpc) is 3.32. The van der Waals surface area contributed by atoms with Gasteiger partial charge in [-0.05, 0) is 38.5 Å². The topological polar surface area (TPSA) is 70.1 Å². The third-order valence-electron chi connectivity index (χ3n) is 4.00. The Hall–Kier alpha value is -1.39. The summed E-state index contributed by atoms with van der Waals surface area (Å²) in [6, 6.07) is 0. The maximum Gasteiger partial charge on any atom is 0.303 e. The van der Waals surface area contributed by atoms with E-state index in [2.05, 4.69) is 19.1 Å². The van der Waals surface area contributed by atoms with Crippen LogP contribution in [0.15, 0.2) is 36.5 Å². The van der Waals surface area contributed by atoms with E-state index in [1.165, 1.54) is 19.3 Å². The molecule has 3 atom stereocenters. The van der Waals surface area contributed by atoms with Gasteiger partial charge in [0.15, 0.2) is 0 Å². The summed E-state index contributed by atoms with van der Waals surface area (Å²) in [6.45, 7) is 2.20. The second kappa shape index (κ2) is 13.0. The van der Waals surface area contributed by atoms with Gasteiger partial charge in [0.1, 0.15) is 12.2 Å². The molecular weight excluding hydrogens is 304 g/mol. The smallest absolute Gasteiger partial charge is 0.303 e. The number of carbonyl (C=O) groups is 1. The summed E-state index contributed by atoms with van der Waals surface area (Å²) >= 11 is 0. The van der Waals surface area contributed by atoms with E-state index in [4.69, 9.17) is 9.84 Å². The second-order valence-corrected chi connectivity index (χ2v) is 6.25. The molecule has 1 fully saturated rings. The molecule has 0 bridgehead atoms. The van der Waals surface area contributed by atoms with Crippen LogP contribution in [0.5, 0.6) is 0 Å². The maximum atomic E-state index is 10.4. The molecule has 0 saturated carbocycles. The van der Waals surface area contributed by atoms with Crippen LogP contribution in [-0.4, -0.2) is 34.5 Å². The summed E-state index contributed by atoms with van der Waals surface area (Å²) in [6.07, 6.45) is 19.8. The van der Waals surface area contributed by atoms with Crippen LogP contribution in [0.25, 0.3) is 0 Å². The van der Waals surface area contributed by atoms with Crippen molar-refractivity contribution in [2.75, 3.05) is 0 Å². The Bertz CT molecular complexity index is 425. The van der Waals surface area contributed by atoms with Crippen molar-refractivity contribution in [3.8, 4) is 0 Å². The highest BCUT2D eigenvalue weighted by molar-refractivity contribution is 5.66. The van der Waals surface area contributed by atoms with Gasteiger partial charge in [0, 0.05) is 6.42 Å². The Morgan fingerprint density at radius 1 is 1.08 bits per heavy atom. The Morgan fingerprint density at radius 3 is 2.58 bits per heavy atom. The van der Waals surface area contributed by atoms with Gasteiger partial charge in [-0.15, -0.1) is 0 Å². The Kier molecular flexibility index (Phi) is 11.2. The molecule has 136 valence electrons. The molecule has 0 unspecified atom stereocenters. The molecule has 0 amide bonds. The Labute approximate surface area is 145 Å². The van der Waals surface area contributed by atoms with E-state index >= 15 is 0 Å². The lowest BCUT2D eigenvalue weighted by Gasteiger charge is -1.99. The number of epoxide rings is 1. The molecule has 0 radical (unpaired) electrons. The van der Waals surface area contributed by atoms with Gasteiger partial charge in [-0.3, -0.25) is 4.79 Å². The van der Waals surface area contributed by atoms with Crippen molar-refractivity contribution in [2.45, 2.75) is 83.0 Å². The number of hydrogen-bond acceptors (Lipinski definition) is 3. The molecule has 0 aromatic heterocycles. The van der Waals surface area contributed by atoms with E-state index in [0.717, 1.165) is 25.7 Å². The van der Waals surface area contributed by atoms with Crippen LogP contribution >= 0.6 is 0 Å². The van der Waals surface area contributed by atoms with Crippen molar-refractivity contribution in [3.63, 3.8) is 0 Å². The normalized spacial score (nSPS) is 21.9. The number of aliphatic carboxylic acids is 1. The largest absolute Gasteiger partial charge is 0.481 e. The molecule has 4 nitrogen and oxygen atoms in total. The quantitative estimate of drug-likeness (QED) is 0.280. The molecule has 1 aliphatic rings. The number of ether oxygens (including phenoxy) is 1. The van der Waals surface area contributed by atoms with Crippen molar-refractivity contribution < 1.29 is 19.7 Å². The summed E-state index contributed by atoms with van der Waals surface area (Å²) in [7, 11) is 0. The van der Waals surface area contributed by atoms with Crippen molar-refractivity contribution in [3.05, 3.63) is 36.5 Å². The molecule has 0 aliphatic carbocycles. The van der Waals surface area contributed by atoms with Crippen molar-refractivity contribution >= 4 is 5.97 Å². The number of carboxylic acid groups (broad SMARTS) is 1. The lowest BCUT2D eigenvalue weighted by molar-refractivity contribution is -0.137. The van der Waals surface area contributed by atoms with E-state index in [0.29, 0.717) is 6.42 Å². The number of aliphatic hydroxyl groups is 1. The molecule has 2 N–H and O–H groups in total. The van der Waals surface area contributed by atoms with E-state index in [1.54, 1.807) is 6.08 Å². The maximum absolute atomic E-state index is 10.4. The highest BCUT2D eigenvalue weighted by atomic mass is 16.6. The lowest BCUT2D eigenvalue weighted by Crippen LogP contribution is -2.13. The summed E-state index contributed by atoms with van der Waals surface area (Å²) in [5.74, 6) is -0.749. The van der Waals surface area contributed by atoms with Gasteiger partial charge in [0.25, 0.3) is 0 Å². The van der Waals surface area contributed by atoms with E-state index in [9.17, 15) is 9.90 Å². The van der Waals surface area contributed by atoms with Crippen LogP contribution in [0, 0.1) is 0 Å². The minimum Gasteiger partial charge on any atom is -0.481 e. The predicted molar refractivity (Wildman–Crippen MR) is 97.0 cm³/mol. The average molecular weight is 336 g/mol. The second-order valence-electron chi connectivity index (χ2n) is 6.25. The summed E-state index contributed by atoms with van der Waals surface area (Å²) in [5, 5.41) is 18.5. The number of aliphatic hydroxyl groups excluding tert-OH is 1. The van der Waals surface area contributed by atoms with Crippen LogP contribution in [0.2, 0.25) is 0 Å². The first-order valence-corrected chi connectivity index (χ1v) is 9.17. The fraction of sp³-hybridized carbons (Fsp3) is 0.650. The fourth-order valence-corrected chi connectivity index (χ4v) is 2.50. The highest BCUT2D eigenvalue weighted by Crippen LogP contribution is 2.29. The number of unbranched alkanes of at least 4 members (excludes halogenated alkanes) is 4. The molecule has 1 heterocycles. The van der Waals surface area contributed by atoms with Crippen LogP contribution in [0.4, 0.5) is 0 Å². The van der Waals surface area contributed by atoms with Crippen molar-refractivity contribution in [2.24, 2.45) is 0 Å². The van der Waals surface area contributed by atoms with Gasteiger partial charge in [-0.1, -0.05) is 56.2 Å². The van der Waals surface area contributed by atoms with Gasteiger partial charge in [0.2, 0.25) is 0 Å². The highest BCUT2D eigenvalue weighted by Gasteiger charge is 2.42. The zero-order valence-corrected chi connectivity index (χ0v) is 14.8. The number of carboxylic acids is 1. The van der Waals surface area contributed by atoms with Crippen LogP contribution in [0.1, 0.15) is 64.7 Å². The van der Waals surface area contributed by atoms with Crippen LogP contribution in [-0.2, 0) is 9.53 Å². The lowest BCUT2D eigenvalue weighted by atomic mass is 10.1. The standard InChI is InChI=1S/C20H32O4/c1-2-3-4-5-9-12-15-18-20(24-18)17(21)14-11-8-6-7-10-13-16-19(22)23/h6-7,9,11-12,14,17-18,20-21H,2-5,8,10,13,15-16H2,1H3,(H,22,23)/b7-6-,12-9-,14-11-/t17-,18+,20+/m1/s1. The number of rotatable bonds is 14. The first-order valence-electron chi connectivity index (χ1n) is 9.17. The Morgan fingerprint density at radius 2 is 1.83 bits per heavy atom. The summed E-state index contributed by atoms with van der Waals surface area (Å²) < 4.78 is 5.51. The van der Waals surface area contributed by atoms with Crippen LogP contribution in [0.3, 0.4) is 0 Å². The summed E-state index contributed by atoms with van der Waals surface area (Å²) in [4.78, 5) is 10.4. The molecule has 1 rings (SSSR count). The van der Waals surface area contributed by atoms with Crippen molar-refractivity contribution in [1.82, 2.24) is 0 Å². The number of hydrogen-bond donors (Lipinski definition) is 2. The van der Waals surface area contributed by atoms with E-state index < -0.39 is 12.1 Å². The van der Waals surface area contributed by atoms with Gasteiger partial charge in [0.05, 0.1) is 6.10 Å². The zero-order valence-electron chi connectivity index (χ0n) is 14.8. The molecule has 0 aromatic carbocycles. The SMILES string of the molecule is CCCCC/C=C\C[C@@H]1O[C@H]1[C@H](O)/C=C\C/C=C\CCCC(=O)O. The monoisotopic (exact) mass is 336 g/mol. The van der Waals surface area contributed by atoms with Gasteiger partial charge < -0.3 is 14.9 Å². The Balaban J connectivity index is 2.04. The third kappa shape index (κ3) is 10.4. The number of allylic oxidation sites excluding steroid dienone is 4. The minimum atomic E-state index is -0.749. The molecule has 0 aromatic rings. The predicted octanol–water partition coefficient (Wildman–Crippen LogP) is 4.40. The molecule has 4 heteroatoms. The first kappa shape index (κ1) is 20.7. The van der Waals surface area contributed by atoms with E-state index in [1.807, 2.05) is 18.2 Å². The molecule has 1 saturated heterocycles. The van der Waals surface area contributed by atoms with Gasteiger partial charge in [-0.25, -0.2) is 0 Å². The molecule has 0 spiro atoms. The van der Waals surface area contributed by atoms with Crippen LogP contribution < -0.4 is 0 Å². The molecular formula is C20H32O4. The molecule has 1 aliphatic heterocycles.